The fourth-order valence-corrected chi connectivity index (χ4v) is 3.38. The van der Waals surface area contributed by atoms with Gasteiger partial charge in [-0.15, -0.1) is 0 Å². The van der Waals surface area contributed by atoms with Crippen LogP contribution in [0.5, 0.6) is 0 Å². The van der Waals surface area contributed by atoms with Crippen molar-refractivity contribution in [2.45, 2.75) is 12.5 Å². The first-order valence-corrected chi connectivity index (χ1v) is 8.54. The molecule has 0 aliphatic carbocycles. The van der Waals surface area contributed by atoms with Crippen LogP contribution in [0.2, 0.25) is 0 Å². The Hall–Kier alpha value is -2.80. The molecule has 0 aromatic heterocycles. The van der Waals surface area contributed by atoms with E-state index in [-0.39, 0.29) is 6.04 Å². The predicted octanol–water partition coefficient (Wildman–Crippen LogP) is 5.52. The quantitative estimate of drug-likeness (QED) is 0.613. The van der Waals surface area contributed by atoms with Gasteiger partial charge in [-0.3, -0.25) is 0 Å². The second kappa shape index (κ2) is 6.76. The van der Waals surface area contributed by atoms with Crippen LogP contribution < -0.4 is 0 Å². The molecule has 1 heterocycles. The highest BCUT2D eigenvalue weighted by Crippen LogP contribution is 2.38. The van der Waals surface area contributed by atoms with Gasteiger partial charge in [0.25, 0.3) is 0 Å². The van der Waals surface area contributed by atoms with Crippen LogP contribution in [-0.4, -0.2) is 11.4 Å². The van der Waals surface area contributed by atoms with Gasteiger partial charge in [0.05, 0.1) is 6.04 Å². The second-order valence-electron chi connectivity index (χ2n) is 6.21. The smallest absolute Gasteiger partial charge is 0.0793 e. The van der Waals surface area contributed by atoms with Crippen LogP contribution >= 0.6 is 0 Å². The Bertz CT molecular complexity index is 767. The topological polar surface area (TPSA) is 3.24 Å². The van der Waals surface area contributed by atoms with Crippen molar-refractivity contribution in [1.82, 2.24) is 4.90 Å². The van der Waals surface area contributed by atoms with Crippen molar-refractivity contribution in [1.29, 1.82) is 0 Å². The Kier molecular flexibility index (Phi) is 4.16. The van der Waals surface area contributed by atoms with Gasteiger partial charge in [0, 0.05) is 18.7 Å². The molecule has 0 atom stereocenters. The van der Waals surface area contributed by atoms with Crippen LogP contribution in [0.15, 0.2) is 96.7 Å². The van der Waals surface area contributed by atoms with Crippen LogP contribution in [0.4, 0.5) is 0 Å². The van der Waals surface area contributed by atoms with Crippen molar-refractivity contribution in [2.24, 2.45) is 0 Å². The normalized spacial score (nSPS) is 15.5. The number of rotatable bonds is 4. The van der Waals surface area contributed by atoms with Gasteiger partial charge in [-0.2, -0.15) is 0 Å². The number of likely N-dealkylation sites (tertiary alicyclic amines) is 1. The number of hydrogen-bond donors (Lipinski definition) is 0. The third-order valence-corrected chi connectivity index (χ3v) is 4.65. The lowest BCUT2D eigenvalue weighted by Gasteiger charge is -2.43. The largest absolute Gasteiger partial charge is 0.363 e. The maximum atomic E-state index is 2.53. The monoisotopic (exact) mass is 311 g/mol. The van der Waals surface area contributed by atoms with Gasteiger partial charge in [-0.1, -0.05) is 91.0 Å². The van der Waals surface area contributed by atoms with Crippen LogP contribution in [-0.2, 0) is 0 Å². The second-order valence-corrected chi connectivity index (χ2v) is 6.21. The van der Waals surface area contributed by atoms with E-state index in [4.69, 9.17) is 0 Å². The van der Waals surface area contributed by atoms with Crippen LogP contribution in [0.1, 0.15) is 29.2 Å². The minimum atomic E-state index is 0.288. The molecule has 0 amide bonds. The summed E-state index contributed by atoms with van der Waals surface area (Å²) in [5.41, 5.74) is 5.39. The molecule has 0 unspecified atom stereocenters. The summed E-state index contributed by atoms with van der Waals surface area (Å²) in [7, 11) is 0. The molecule has 0 spiro atoms. The molecule has 1 aliphatic rings. The SMILES string of the molecule is C(=C1CCN1C(c1ccccc1)c1ccccc1)c1ccccc1. The van der Waals surface area contributed by atoms with E-state index < -0.39 is 0 Å². The molecule has 0 N–H and O–H groups in total. The average Bonchev–Trinajstić information content (AvgIpc) is 2.65. The Morgan fingerprint density at radius 2 is 1.17 bits per heavy atom. The van der Waals surface area contributed by atoms with Gasteiger partial charge in [0.1, 0.15) is 0 Å². The van der Waals surface area contributed by atoms with Crippen molar-refractivity contribution in [3.05, 3.63) is 113 Å². The summed E-state index contributed by atoms with van der Waals surface area (Å²) in [4.78, 5) is 2.53. The summed E-state index contributed by atoms with van der Waals surface area (Å²) < 4.78 is 0. The van der Waals surface area contributed by atoms with Crippen molar-refractivity contribution in [3.63, 3.8) is 0 Å². The number of benzene rings is 3. The highest BCUT2D eigenvalue weighted by atomic mass is 15.2. The molecule has 1 nitrogen and oxygen atoms in total. The standard InChI is InChI=1S/C23H21N/c1-4-10-19(11-5-1)18-22-16-17-24(22)23(20-12-6-2-7-13-20)21-14-8-3-9-15-21/h1-15,18,23H,16-17H2. The summed E-state index contributed by atoms with van der Waals surface area (Å²) in [5.74, 6) is 0. The molecule has 1 fully saturated rings. The van der Waals surface area contributed by atoms with Gasteiger partial charge in [0.2, 0.25) is 0 Å². The summed E-state index contributed by atoms with van der Waals surface area (Å²) in [5, 5.41) is 0. The maximum Gasteiger partial charge on any atom is 0.0793 e. The predicted molar refractivity (Wildman–Crippen MR) is 100 cm³/mol. The Morgan fingerprint density at radius 1 is 0.667 bits per heavy atom. The van der Waals surface area contributed by atoms with Crippen molar-refractivity contribution in [2.75, 3.05) is 6.54 Å². The van der Waals surface area contributed by atoms with Gasteiger partial charge < -0.3 is 4.90 Å². The van der Waals surface area contributed by atoms with E-state index in [1.54, 1.807) is 0 Å². The molecular formula is C23H21N. The summed E-state index contributed by atoms with van der Waals surface area (Å²) in [6.07, 6.45) is 3.47. The van der Waals surface area contributed by atoms with Gasteiger partial charge >= 0.3 is 0 Å². The van der Waals surface area contributed by atoms with Crippen LogP contribution in [0.3, 0.4) is 0 Å². The van der Waals surface area contributed by atoms with E-state index >= 15 is 0 Å². The minimum Gasteiger partial charge on any atom is -0.363 e. The van der Waals surface area contributed by atoms with E-state index in [1.165, 1.54) is 22.4 Å². The first-order chi connectivity index (χ1) is 11.9. The zero-order valence-electron chi connectivity index (χ0n) is 13.7. The molecule has 0 saturated carbocycles. The third kappa shape index (κ3) is 2.98. The van der Waals surface area contributed by atoms with E-state index in [0.29, 0.717) is 0 Å². The fourth-order valence-electron chi connectivity index (χ4n) is 3.38. The first kappa shape index (κ1) is 14.8. The van der Waals surface area contributed by atoms with E-state index in [9.17, 15) is 0 Å². The minimum absolute atomic E-state index is 0.288. The lowest BCUT2D eigenvalue weighted by Crippen LogP contribution is -2.38. The van der Waals surface area contributed by atoms with E-state index in [0.717, 1.165) is 13.0 Å². The highest BCUT2D eigenvalue weighted by Gasteiger charge is 2.29. The van der Waals surface area contributed by atoms with Crippen molar-refractivity contribution >= 4 is 6.08 Å². The molecule has 4 rings (SSSR count). The van der Waals surface area contributed by atoms with Crippen molar-refractivity contribution < 1.29 is 0 Å². The lowest BCUT2D eigenvalue weighted by molar-refractivity contribution is 0.213. The van der Waals surface area contributed by atoms with Crippen LogP contribution in [0, 0.1) is 0 Å². The molecule has 1 aliphatic heterocycles. The fraction of sp³-hybridized carbons (Fsp3) is 0.130. The van der Waals surface area contributed by atoms with Gasteiger partial charge in [-0.05, 0) is 22.8 Å². The zero-order valence-corrected chi connectivity index (χ0v) is 13.7. The molecule has 0 radical (unpaired) electrons. The first-order valence-electron chi connectivity index (χ1n) is 8.54. The van der Waals surface area contributed by atoms with E-state index in [2.05, 4.69) is 102 Å². The van der Waals surface area contributed by atoms with Crippen LogP contribution in [0.25, 0.3) is 6.08 Å². The summed E-state index contributed by atoms with van der Waals surface area (Å²) >= 11 is 0. The van der Waals surface area contributed by atoms with E-state index in [1.807, 2.05) is 0 Å². The average molecular weight is 311 g/mol. The maximum absolute atomic E-state index is 2.53. The molecule has 0 bridgehead atoms. The molecule has 118 valence electrons. The number of hydrogen-bond acceptors (Lipinski definition) is 1. The molecule has 24 heavy (non-hydrogen) atoms. The molecular weight excluding hydrogens is 290 g/mol. The zero-order chi connectivity index (χ0) is 16.2. The Balaban J connectivity index is 1.71. The molecule has 1 saturated heterocycles. The third-order valence-electron chi connectivity index (χ3n) is 4.65. The lowest BCUT2D eigenvalue weighted by atomic mass is 9.92. The van der Waals surface area contributed by atoms with Crippen molar-refractivity contribution in [3.8, 4) is 0 Å². The highest BCUT2D eigenvalue weighted by molar-refractivity contribution is 5.54. The van der Waals surface area contributed by atoms with Gasteiger partial charge in [0.15, 0.2) is 0 Å². The Labute approximate surface area is 143 Å². The summed E-state index contributed by atoms with van der Waals surface area (Å²) in [6, 6.07) is 32.5. The molecule has 3 aromatic rings. The Morgan fingerprint density at radius 3 is 1.62 bits per heavy atom. The number of nitrogens with zero attached hydrogens (tertiary/aromatic N) is 1. The molecule has 3 aromatic carbocycles. The summed E-state index contributed by atoms with van der Waals surface area (Å²) in [6.45, 7) is 1.10. The molecule has 1 heteroatoms. The van der Waals surface area contributed by atoms with Gasteiger partial charge in [-0.25, -0.2) is 0 Å².